The third-order valence-corrected chi connectivity index (χ3v) is 5.21. The standard InChI is InChI=1S/C23H25N3O7/c1-4-32-18-10-9-15(13-19(18)33-5-2)11-12-24-21(27)14(3)25-22(28)16-7-6-8-17(26(30)31)20(16)23(25)29/h6-10,13-14H,4-5,11-12H2,1-3H3,(H,24,27)/t14-/m0/s1. The van der Waals surface area contributed by atoms with Crippen LogP contribution < -0.4 is 14.8 Å². The number of fused-ring (bicyclic) bond motifs is 1. The lowest BCUT2D eigenvalue weighted by molar-refractivity contribution is -0.385. The second kappa shape index (κ2) is 10.1. The number of nitro groups is 1. The molecule has 2 aromatic carbocycles. The van der Waals surface area contributed by atoms with Gasteiger partial charge in [0.2, 0.25) is 5.91 Å². The van der Waals surface area contributed by atoms with Crippen LogP contribution >= 0.6 is 0 Å². The number of amides is 3. The number of hydrogen-bond donors (Lipinski definition) is 1. The molecule has 10 heteroatoms. The molecule has 3 amide bonds. The van der Waals surface area contributed by atoms with Gasteiger partial charge in [0.15, 0.2) is 11.5 Å². The van der Waals surface area contributed by atoms with Crippen LogP contribution in [0, 0.1) is 10.1 Å². The maximum Gasteiger partial charge on any atom is 0.282 e. The maximum atomic E-state index is 12.8. The molecular weight excluding hydrogens is 430 g/mol. The van der Waals surface area contributed by atoms with E-state index in [-0.39, 0.29) is 17.7 Å². The van der Waals surface area contributed by atoms with E-state index in [9.17, 15) is 24.5 Å². The van der Waals surface area contributed by atoms with Crippen LogP contribution in [0.5, 0.6) is 11.5 Å². The molecule has 0 bridgehead atoms. The van der Waals surface area contributed by atoms with Gasteiger partial charge in [-0.2, -0.15) is 0 Å². The molecule has 1 aliphatic rings. The number of nitro benzene ring substituents is 1. The number of nitrogens with zero attached hydrogens (tertiary/aromatic N) is 2. The van der Waals surface area contributed by atoms with E-state index in [1.165, 1.54) is 19.1 Å². The van der Waals surface area contributed by atoms with Crippen LogP contribution in [0.2, 0.25) is 0 Å². The zero-order chi connectivity index (χ0) is 24.1. The van der Waals surface area contributed by atoms with Gasteiger partial charge in [-0.1, -0.05) is 12.1 Å². The van der Waals surface area contributed by atoms with E-state index < -0.39 is 34.4 Å². The summed E-state index contributed by atoms with van der Waals surface area (Å²) in [7, 11) is 0. The summed E-state index contributed by atoms with van der Waals surface area (Å²) in [5, 5.41) is 14.0. The van der Waals surface area contributed by atoms with Gasteiger partial charge in [-0.3, -0.25) is 29.4 Å². The van der Waals surface area contributed by atoms with Gasteiger partial charge in [0.25, 0.3) is 17.5 Å². The van der Waals surface area contributed by atoms with Crippen LogP contribution in [0.1, 0.15) is 47.1 Å². The molecule has 0 aliphatic carbocycles. The first kappa shape index (κ1) is 23.7. The van der Waals surface area contributed by atoms with Gasteiger partial charge in [0.1, 0.15) is 11.6 Å². The Kier molecular flexibility index (Phi) is 7.27. The Hall–Kier alpha value is -3.95. The molecule has 0 radical (unpaired) electrons. The zero-order valence-electron chi connectivity index (χ0n) is 18.6. The predicted octanol–water partition coefficient (Wildman–Crippen LogP) is 2.74. The number of hydrogen-bond acceptors (Lipinski definition) is 7. The van der Waals surface area contributed by atoms with Crippen molar-refractivity contribution in [1.29, 1.82) is 0 Å². The summed E-state index contributed by atoms with van der Waals surface area (Å²) in [6.07, 6.45) is 0.485. The summed E-state index contributed by atoms with van der Waals surface area (Å²) in [5.74, 6) is -0.861. The van der Waals surface area contributed by atoms with Crippen LogP contribution in [0.25, 0.3) is 0 Å². The summed E-state index contributed by atoms with van der Waals surface area (Å²) >= 11 is 0. The Morgan fingerprint density at radius 3 is 2.45 bits per heavy atom. The van der Waals surface area contributed by atoms with Gasteiger partial charge in [0, 0.05) is 12.6 Å². The van der Waals surface area contributed by atoms with E-state index in [1.807, 2.05) is 26.0 Å². The average molecular weight is 455 g/mol. The number of rotatable bonds is 10. The van der Waals surface area contributed by atoms with E-state index >= 15 is 0 Å². The fraction of sp³-hybridized carbons (Fsp3) is 0.348. The molecule has 0 spiro atoms. The summed E-state index contributed by atoms with van der Waals surface area (Å²) in [4.78, 5) is 49.4. The molecule has 0 saturated heterocycles. The topological polar surface area (TPSA) is 128 Å². The predicted molar refractivity (Wildman–Crippen MR) is 119 cm³/mol. The van der Waals surface area contributed by atoms with E-state index in [0.29, 0.717) is 31.1 Å². The molecule has 0 saturated carbocycles. The normalized spacial score (nSPS) is 13.5. The first-order chi connectivity index (χ1) is 15.8. The summed E-state index contributed by atoms with van der Waals surface area (Å²) < 4.78 is 11.1. The van der Waals surface area contributed by atoms with Crippen molar-refractivity contribution in [2.75, 3.05) is 19.8 Å². The first-order valence-electron chi connectivity index (χ1n) is 10.6. The van der Waals surface area contributed by atoms with Gasteiger partial charge in [0.05, 0.1) is 23.7 Å². The Balaban J connectivity index is 1.65. The van der Waals surface area contributed by atoms with Crippen molar-refractivity contribution in [3.8, 4) is 11.5 Å². The van der Waals surface area contributed by atoms with Gasteiger partial charge in [-0.15, -0.1) is 0 Å². The molecule has 2 aromatic rings. The number of nitrogens with one attached hydrogen (secondary N) is 1. The maximum absolute atomic E-state index is 12.8. The van der Waals surface area contributed by atoms with Crippen molar-refractivity contribution in [2.24, 2.45) is 0 Å². The quantitative estimate of drug-likeness (QED) is 0.331. The fourth-order valence-corrected chi connectivity index (χ4v) is 3.64. The van der Waals surface area contributed by atoms with Crippen LogP contribution in [0.4, 0.5) is 5.69 Å². The van der Waals surface area contributed by atoms with Crippen molar-refractivity contribution < 1.29 is 28.8 Å². The monoisotopic (exact) mass is 455 g/mol. The summed E-state index contributed by atoms with van der Waals surface area (Å²) in [5.41, 5.74) is 0.0875. The lowest BCUT2D eigenvalue weighted by atomic mass is 10.1. The minimum atomic E-state index is -1.13. The fourth-order valence-electron chi connectivity index (χ4n) is 3.64. The number of ether oxygens (including phenoxy) is 2. The number of benzene rings is 2. The molecule has 0 aromatic heterocycles. The molecule has 1 atom stereocenters. The van der Waals surface area contributed by atoms with Crippen molar-refractivity contribution in [3.05, 3.63) is 63.2 Å². The van der Waals surface area contributed by atoms with E-state index in [0.717, 1.165) is 16.5 Å². The third-order valence-electron chi connectivity index (χ3n) is 5.21. The van der Waals surface area contributed by atoms with Gasteiger partial charge in [-0.25, -0.2) is 0 Å². The van der Waals surface area contributed by atoms with Gasteiger partial charge in [-0.05, 0) is 51.0 Å². The lowest BCUT2D eigenvalue weighted by Crippen LogP contribution is -2.48. The van der Waals surface area contributed by atoms with Crippen LogP contribution in [-0.2, 0) is 11.2 Å². The van der Waals surface area contributed by atoms with Crippen molar-refractivity contribution in [3.63, 3.8) is 0 Å². The number of imide groups is 1. The van der Waals surface area contributed by atoms with Crippen LogP contribution in [0.3, 0.4) is 0 Å². The highest BCUT2D eigenvalue weighted by molar-refractivity contribution is 6.24. The second-order valence-corrected chi connectivity index (χ2v) is 7.30. The molecule has 10 nitrogen and oxygen atoms in total. The molecule has 0 fully saturated rings. The van der Waals surface area contributed by atoms with Gasteiger partial charge >= 0.3 is 0 Å². The second-order valence-electron chi connectivity index (χ2n) is 7.30. The summed E-state index contributed by atoms with van der Waals surface area (Å²) in [6, 6.07) is 8.22. The Morgan fingerprint density at radius 1 is 1.09 bits per heavy atom. The van der Waals surface area contributed by atoms with E-state index in [1.54, 1.807) is 6.07 Å². The molecule has 1 aliphatic heterocycles. The minimum absolute atomic E-state index is 0.0771. The zero-order valence-corrected chi connectivity index (χ0v) is 18.6. The van der Waals surface area contributed by atoms with Crippen molar-refractivity contribution in [1.82, 2.24) is 10.2 Å². The molecule has 33 heavy (non-hydrogen) atoms. The molecule has 3 rings (SSSR count). The summed E-state index contributed by atoms with van der Waals surface area (Å²) in [6.45, 7) is 6.41. The molecule has 1 heterocycles. The lowest BCUT2D eigenvalue weighted by Gasteiger charge is -2.21. The Labute approximate surface area is 190 Å². The molecule has 174 valence electrons. The van der Waals surface area contributed by atoms with Crippen LogP contribution in [0.15, 0.2) is 36.4 Å². The van der Waals surface area contributed by atoms with E-state index in [4.69, 9.17) is 9.47 Å². The largest absolute Gasteiger partial charge is 0.490 e. The Morgan fingerprint density at radius 2 is 1.79 bits per heavy atom. The van der Waals surface area contributed by atoms with E-state index in [2.05, 4.69) is 5.32 Å². The van der Waals surface area contributed by atoms with Crippen molar-refractivity contribution >= 4 is 23.4 Å². The Bertz CT molecular complexity index is 1100. The number of carbonyl (C=O) groups is 3. The molecular formula is C23H25N3O7. The minimum Gasteiger partial charge on any atom is -0.490 e. The highest BCUT2D eigenvalue weighted by Crippen LogP contribution is 2.32. The van der Waals surface area contributed by atoms with Crippen molar-refractivity contribution in [2.45, 2.75) is 33.2 Å². The highest BCUT2D eigenvalue weighted by atomic mass is 16.6. The smallest absolute Gasteiger partial charge is 0.282 e. The van der Waals surface area contributed by atoms with Gasteiger partial charge < -0.3 is 14.8 Å². The SMILES string of the molecule is CCOc1ccc(CCNC(=O)[C@H](C)N2C(=O)c3cccc([N+](=O)[O-])c3C2=O)cc1OCC. The third kappa shape index (κ3) is 4.79. The first-order valence-corrected chi connectivity index (χ1v) is 10.6. The molecule has 1 N–H and O–H groups in total. The van der Waals surface area contributed by atoms with Crippen LogP contribution in [-0.4, -0.2) is 53.3 Å². The molecule has 0 unspecified atom stereocenters. The number of carbonyl (C=O) groups excluding carboxylic acids is 3. The average Bonchev–Trinajstić information content (AvgIpc) is 3.05. The highest BCUT2D eigenvalue weighted by Gasteiger charge is 2.44.